The van der Waals surface area contributed by atoms with Crippen molar-refractivity contribution < 1.29 is 19.4 Å². The number of methoxy groups -OCH3 is 1. The summed E-state index contributed by atoms with van der Waals surface area (Å²) in [5, 5.41) is 10.7. The van der Waals surface area contributed by atoms with E-state index in [1.165, 1.54) is 7.11 Å². The van der Waals surface area contributed by atoms with Crippen molar-refractivity contribution in [2.75, 3.05) is 20.3 Å². The fourth-order valence-electron chi connectivity index (χ4n) is 3.11. The largest absolute Gasteiger partial charge is 0.468 e. The molecule has 2 rings (SSSR count). The van der Waals surface area contributed by atoms with E-state index in [9.17, 15) is 9.90 Å². The highest BCUT2D eigenvalue weighted by Gasteiger charge is 2.69. The number of esters is 1. The molecule has 0 bridgehead atoms. The number of carbonyl (C=O) groups is 1. The number of ether oxygens (including phenoxy) is 2. The molecule has 3 atom stereocenters. The molecule has 0 radical (unpaired) electrons. The van der Waals surface area contributed by atoms with E-state index in [1.54, 1.807) is 0 Å². The molecule has 1 heterocycles. The van der Waals surface area contributed by atoms with Gasteiger partial charge in [0.1, 0.15) is 0 Å². The Bertz CT molecular complexity index is 281. The van der Waals surface area contributed by atoms with Crippen LogP contribution in [0.1, 0.15) is 32.6 Å². The molecule has 4 heteroatoms. The average molecular weight is 228 g/mol. The molecule has 4 nitrogen and oxygen atoms in total. The van der Waals surface area contributed by atoms with E-state index in [0.717, 1.165) is 12.8 Å². The van der Waals surface area contributed by atoms with Gasteiger partial charge in [0, 0.05) is 19.6 Å². The Kier molecular flexibility index (Phi) is 2.97. The Morgan fingerprint density at radius 2 is 2.12 bits per heavy atom. The maximum atomic E-state index is 11.9. The number of hydrogen-bond donors (Lipinski definition) is 1. The Hall–Kier alpha value is -0.610. The summed E-state index contributed by atoms with van der Waals surface area (Å²) in [7, 11) is 1.39. The van der Waals surface area contributed by atoms with Crippen molar-refractivity contribution >= 4 is 5.97 Å². The second kappa shape index (κ2) is 4.00. The molecular weight excluding hydrogens is 208 g/mol. The first kappa shape index (κ1) is 11.9. The first-order chi connectivity index (χ1) is 7.57. The van der Waals surface area contributed by atoms with Crippen LogP contribution < -0.4 is 0 Å². The van der Waals surface area contributed by atoms with E-state index in [4.69, 9.17) is 9.47 Å². The minimum Gasteiger partial charge on any atom is -0.468 e. The molecule has 3 unspecified atom stereocenters. The molecule has 2 fully saturated rings. The quantitative estimate of drug-likeness (QED) is 0.719. The second-order valence-electron chi connectivity index (χ2n) is 5.07. The minimum absolute atomic E-state index is 0.211. The zero-order valence-electron chi connectivity index (χ0n) is 9.99. The van der Waals surface area contributed by atoms with Gasteiger partial charge in [-0.2, -0.15) is 0 Å². The van der Waals surface area contributed by atoms with Crippen molar-refractivity contribution in [1.82, 2.24) is 0 Å². The van der Waals surface area contributed by atoms with Crippen LogP contribution in [-0.4, -0.2) is 37.0 Å². The lowest BCUT2D eigenvalue weighted by molar-refractivity contribution is -0.162. The van der Waals surface area contributed by atoms with Gasteiger partial charge in [-0.05, 0) is 25.2 Å². The third-order valence-electron chi connectivity index (χ3n) is 4.23. The number of aliphatic hydroxyl groups is 1. The van der Waals surface area contributed by atoms with Gasteiger partial charge in [0.2, 0.25) is 0 Å². The standard InChI is InChI=1S/C12H20O4/c1-9-8-12(9,10(13)15-2)11(14)4-3-6-16-7-5-11/h9,14H,3-8H2,1-2H3. The van der Waals surface area contributed by atoms with Crippen LogP contribution in [0.4, 0.5) is 0 Å². The van der Waals surface area contributed by atoms with Crippen LogP contribution in [0.2, 0.25) is 0 Å². The normalized spacial score (nSPS) is 43.6. The van der Waals surface area contributed by atoms with Crippen molar-refractivity contribution in [2.45, 2.75) is 38.2 Å². The fourth-order valence-corrected chi connectivity index (χ4v) is 3.11. The molecule has 0 amide bonds. The molecule has 0 spiro atoms. The van der Waals surface area contributed by atoms with Gasteiger partial charge in [-0.15, -0.1) is 0 Å². The molecule has 0 aromatic rings. The smallest absolute Gasteiger partial charge is 0.315 e. The summed E-state index contributed by atoms with van der Waals surface area (Å²) in [5.41, 5.74) is -1.61. The van der Waals surface area contributed by atoms with Gasteiger partial charge in [0.15, 0.2) is 0 Å². The molecule has 1 aliphatic carbocycles. The lowest BCUT2D eigenvalue weighted by Gasteiger charge is -2.34. The topological polar surface area (TPSA) is 55.8 Å². The summed E-state index contributed by atoms with van der Waals surface area (Å²) >= 11 is 0. The van der Waals surface area contributed by atoms with Crippen molar-refractivity contribution in [2.24, 2.45) is 11.3 Å². The van der Waals surface area contributed by atoms with Crippen LogP contribution in [0, 0.1) is 11.3 Å². The van der Waals surface area contributed by atoms with Gasteiger partial charge in [-0.25, -0.2) is 0 Å². The van der Waals surface area contributed by atoms with E-state index in [2.05, 4.69) is 0 Å². The molecule has 1 saturated carbocycles. The minimum atomic E-state index is -0.935. The van der Waals surface area contributed by atoms with Crippen LogP contribution in [-0.2, 0) is 14.3 Å². The summed E-state index contributed by atoms with van der Waals surface area (Å²) in [5.74, 6) is -0.0487. The van der Waals surface area contributed by atoms with E-state index in [1.807, 2.05) is 6.92 Å². The van der Waals surface area contributed by atoms with Gasteiger partial charge < -0.3 is 14.6 Å². The van der Waals surface area contributed by atoms with Crippen molar-refractivity contribution in [3.8, 4) is 0 Å². The first-order valence-corrected chi connectivity index (χ1v) is 5.95. The Morgan fingerprint density at radius 3 is 2.69 bits per heavy atom. The third-order valence-corrected chi connectivity index (χ3v) is 4.23. The monoisotopic (exact) mass is 228 g/mol. The Balaban J connectivity index is 2.22. The molecule has 1 saturated heterocycles. The number of rotatable bonds is 2. The van der Waals surface area contributed by atoms with Gasteiger partial charge >= 0.3 is 5.97 Å². The van der Waals surface area contributed by atoms with Gasteiger partial charge in [-0.1, -0.05) is 6.92 Å². The van der Waals surface area contributed by atoms with E-state index in [-0.39, 0.29) is 11.9 Å². The van der Waals surface area contributed by atoms with Gasteiger partial charge in [-0.3, -0.25) is 4.79 Å². The zero-order chi connectivity index (χ0) is 11.8. The Morgan fingerprint density at radius 1 is 1.44 bits per heavy atom. The SMILES string of the molecule is COC(=O)C1(C2(O)CCCOCC2)CC1C. The molecule has 0 aromatic carbocycles. The van der Waals surface area contributed by atoms with E-state index < -0.39 is 11.0 Å². The molecule has 1 N–H and O–H groups in total. The molecule has 16 heavy (non-hydrogen) atoms. The highest BCUT2D eigenvalue weighted by molar-refractivity contribution is 5.82. The summed E-state index contributed by atoms with van der Waals surface area (Å²) < 4.78 is 10.2. The zero-order valence-corrected chi connectivity index (χ0v) is 9.99. The first-order valence-electron chi connectivity index (χ1n) is 5.95. The van der Waals surface area contributed by atoms with Crippen molar-refractivity contribution in [1.29, 1.82) is 0 Å². The third kappa shape index (κ3) is 1.55. The number of carbonyl (C=O) groups excluding carboxylic acids is 1. The highest BCUT2D eigenvalue weighted by Crippen LogP contribution is 2.62. The predicted molar refractivity (Wildman–Crippen MR) is 57.8 cm³/mol. The lowest BCUT2D eigenvalue weighted by atomic mass is 9.77. The maximum Gasteiger partial charge on any atom is 0.315 e. The second-order valence-corrected chi connectivity index (χ2v) is 5.07. The molecule has 92 valence electrons. The van der Waals surface area contributed by atoms with Gasteiger partial charge in [0.05, 0.1) is 18.1 Å². The summed E-state index contributed by atoms with van der Waals surface area (Å²) in [6, 6.07) is 0. The predicted octanol–water partition coefficient (Wildman–Crippen LogP) is 1.12. The van der Waals surface area contributed by atoms with Crippen molar-refractivity contribution in [3.63, 3.8) is 0 Å². The van der Waals surface area contributed by atoms with Crippen LogP contribution >= 0.6 is 0 Å². The average Bonchev–Trinajstić information content (AvgIpc) is 2.99. The summed E-state index contributed by atoms with van der Waals surface area (Å²) in [6.45, 7) is 3.20. The number of hydrogen-bond acceptors (Lipinski definition) is 4. The maximum absolute atomic E-state index is 11.9. The summed E-state index contributed by atoms with van der Waals surface area (Å²) in [4.78, 5) is 11.9. The van der Waals surface area contributed by atoms with E-state index in [0.29, 0.717) is 26.1 Å². The van der Waals surface area contributed by atoms with Crippen LogP contribution in [0.5, 0.6) is 0 Å². The molecule has 2 aliphatic rings. The van der Waals surface area contributed by atoms with Crippen LogP contribution in [0.25, 0.3) is 0 Å². The van der Waals surface area contributed by atoms with Crippen LogP contribution in [0.3, 0.4) is 0 Å². The fraction of sp³-hybridized carbons (Fsp3) is 0.917. The highest BCUT2D eigenvalue weighted by atomic mass is 16.5. The van der Waals surface area contributed by atoms with Gasteiger partial charge in [0.25, 0.3) is 0 Å². The molecule has 1 aliphatic heterocycles. The Labute approximate surface area is 95.9 Å². The van der Waals surface area contributed by atoms with Crippen LogP contribution in [0.15, 0.2) is 0 Å². The van der Waals surface area contributed by atoms with Crippen molar-refractivity contribution in [3.05, 3.63) is 0 Å². The summed E-state index contributed by atoms with van der Waals surface area (Å²) in [6.07, 6.45) is 2.71. The molecule has 0 aromatic heterocycles. The molecular formula is C12H20O4. The lowest BCUT2D eigenvalue weighted by Crippen LogP contribution is -2.46. The van der Waals surface area contributed by atoms with E-state index >= 15 is 0 Å².